The summed E-state index contributed by atoms with van der Waals surface area (Å²) >= 11 is 1.61. The minimum absolute atomic E-state index is 0.178. The van der Waals surface area contributed by atoms with Gasteiger partial charge in [-0.2, -0.15) is 0 Å². The molecule has 17 heavy (non-hydrogen) atoms. The summed E-state index contributed by atoms with van der Waals surface area (Å²) in [5, 5.41) is 5.38. The predicted octanol–water partition coefficient (Wildman–Crippen LogP) is 3.54. The van der Waals surface area contributed by atoms with Crippen LogP contribution in [0.25, 0.3) is 0 Å². The van der Waals surface area contributed by atoms with Crippen molar-refractivity contribution in [2.24, 2.45) is 0 Å². The molecule has 90 valence electrons. The second-order valence-corrected chi connectivity index (χ2v) is 4.71. The molecule has 3 nitrogen and oxygen atoms in total. The fraction of sp³-hybridized carbons (Fsp3) is 0.308. The molecule has 2 rings (SSSR count). The van der Waals surface area contributed by atoms with Crippen LogP contribution in [0.1, 0.15) is 19.5 Å². The highest BCUT2D eigenvalue weighted by atomic mass is 32.1. The Morgan fingerprint density at radius 1 is 1.35 bits per heavy atom. The Labute approximate surface area is 105 Å². The van der Waals surface area contributed by atoms with Gasteiger partial charge in [-0.1, -0.05) is 12.1 Å². The number of anilines is 1. The Morgan fingerprint density at radius 3 is 2.88 bits per heavy atom. The van der Waals surface area contributed by atoms with E-state index in [4.69, 9.17) is 4.74 Å². The third-order valence-corrected chi connectivity index (χ3v) is 2.83. The van der Waals surface area contributed by atoms with E-state index in [-0.39, 0.29) is 6.10 Å². The van der Waals surface area contributed by atoms with Crippen molar-refractivity contribution in [1.82, 2.24) is 4.98 Å². The molecule has 0 unspecified atom stereocenters. The minimum atomic E-state index is 0.178. The van der Waals surface area contributed by atoms with E-state index in [1.165, 1.54) is 0 Å². The molecule has 0 saturated carbocycles. The topological polar surface area (TPSA) is 34.1 Å². The minimum Gasteiger partial charge on any atom is -0.489 e. The van der Waals surface area contributed by atoms with Crippen molar-refractivity contribution < 1.29 is 4.74 Å². The number of ether oxygens (including phenoxy) is 1. The van der Waals surface area contributed by atoms with E-state index in [0.717, 1.165) is 23.7 Å². The first-order chi connectivity index (χ1) is 8.25. The second kappa shape index (κ2) is 5.68. The van der Waals surface area contributed by atoms with Gasteiger partial charge >= 0.3 is 0 Å². The lowest BCUT2D eigenvalue weighted by Gasteiger charge is -2.14. The molecule has 1 N–H and O–H groups in total. The number of para-hydroxylation sites is 2. The number of hydrogen-bond acceptors (Lipinski definition) is 4. The fourth-order valence-electron chi connectivity index (χ4n) is 1.48. The zero-order valence-electron chi connectivity index (χ0n) is 10.0. The van der Waals surface area contributed by atoms with Crippen LogP contribution in [0.3, 0.4) is 0 Å². The molecular weight excluding hydrogens is 232 g/mol. The number of benzene rings is 1. The Bertz CT molecular complexity index is 454. The number of thiazole rings is 1. The maximum Gasteiger partial charge on any atom is 0.142 e. The molecule has 0 aliphatic heterocycles. The number of rotatable bonds is 5. The van der Waals surface area contributed by atoms with Crippen LogP contribution >= 0.6 is 11.3 Å². The van der Waals surface area contributed by atoms with Crippen molar-refractivity contribution in [3.63, 3.8) is 0 Å². The van der Waals surface area contributed by atoms with Gasteiger partial charge in [-0.25, -0.2) is 4.98 Å². The van der Waals surface area contributed by atoms with Gasteiger partial charge in [0, 0.05) is 5.38 Å². The van der Waals surface area contributed by atoms with Gasteiger partial charge in [0.05, 0.1) is 29.5 Å². The summed E-state index contributed by atoms with van der Waals surface area (Å²) < 4.78 is 5.73. The summed E-state index contributed by atoms with van der Waals surface area (Å²) in [5.41, 5.74) is 3.90. The van der Waals surface area contributed by atoms with Crippen molar-refractivity contribution in [3.8, 4) is 5.75 Å². The Hall–Kier alpha value is -1.55. The summed E-state index contributed by atoms with van der Waals surface area (Å²) in [6, 6.07) is 7.97. The van der Waals surface area contributed by atoms with Gasteiger partial charge in [0.2, 0.25) is 0 Å². The van der Waals surface area contributed by atoms with Crippen LogP contribution in [0.4, 0.5) is 5.69 Å². The third kappa shape index (κ3) is 3.46. The molecule has 1 heterocycles. The molecule has 0 aliphatic rings. The molecule has 0 spiro atoms. The standard InChI is InChI=1S/C13H16N2OS/c1-10(2)16-13-6-4-3-5-12(13)14-7-11-8-17-9-15-11/h3-6,8-10,14H,7H2,1-2H3. The predicted molar refractivity (Wildman–Crippen MR) is 71.6 cm³/mol. The van der Waals surface area contributed by atoms with Crippen molar-refractivity contribution in [1.29, 1.82) is 0 Å². The molecule has 0 amide bonds. The summed E-state index contributed by atoms with van der Waals surface area (Å²) in [7, 11) is 0. The number of hydrogen-bond donors (Lipinski definition) is 1. The first-order valence-electron chi connectivity index (χ1n) is 5.62. The molecule has 0 fully saturated rings. The summed E-state index contributed by atoms with van der Waals surface area (Å²) in [6.07, 6.45) is 0.178. The molecule has 4 heteroatoms. The van der Waals surface area contributed by atoms with E-state index >= 15 is 0 Å². The quantitative estimate of drug-likeness (QED) is 0.878. The lowest BCUT2D eigenvalue weighted by Crippen LogP contribution is -2.08. The molecular formula is C13H16N2OS. The highest BCUT2D eigenvalue weighted by Gasteiger charge is 2.04. The number of nitrogens with one attached hydrogen (secondary N) is 1. The van der Waals surface area contributed by atoms with E-state index in [0.29, 0.717) is 0 Å². The van der Waals surface area contributed by atoms with E-state index in [1.54, 1.807) is 11.3 Å². The lowest BCUT2D eigenvalue weighted by molar-refractivity contribution is 0.243. The van der Waals surface area contributed by atoms with Crippen LogP contribution in [0, 0.1) is 0 Å². The molecule has 1 aromatic heterocycles. The van der Waals surface area contributed by atoms with E-state index in [2.05, 4.69) is 10.3 Å². The van der Waals surface area contributed by atoms with Crippen molar-refractivity contribution in [2.45, 2.75) is 26.5 Å². The Balaban J connectivity index is 2.04. The van der Waals surface area contributed by atoms with E-state index in [1.807, 2.05) is 49.0 Å². The fourth-order valence-corrected chi connectivity index (χ4v) is 2.04. The molecule has 0 saturated heterocycles. The van der Waals surface area contributed by atoms with Crippen molar-refractivity contribution in [2.75, 3.05) is 5.32 Å². The van der Waals surface area contributed by atoms with E-state index in [9.17, 15) is 0 Å². The normalized spacial score (nSPS) is 10.5. The highest BCUT2D eigenvalue weighted by Crippen LogP contribution is 2.25. The molecule has 0 aliphatic carbocycles. The molecule has 0 atom stereocenters. The second-order valence-electron chi connectivity index (χ2n) is 4.00. The average Bonchev–Trinajstić information content (AvgIpc) is 2.80. The average molecular weight is 248 g/mol. The monoisotopic (exact) mass is 248 g/mol. The molecule has 0 radical (unpaired) electrons. The maximum absolute atomic E-state index is 5.73. The number of nitrogens with zero attached hydrogens (tertiary/aromatic N) is 1. The molecule has 0 bridgehead atoms. The zero-order chi connectivity index (χ0) is 12.1. The third-order valence-electron chi connectivity index (χ3n) is 2.19. The van der Waals surface area contributed by atoms with E-state index < -0.39 is 0 Å². The van der Waals surface area contributed by atoms with Crippen LogP contribution in [-0.4, -0.2) is 11.1 Å². The zero-order valence-corrected chi connectivity index (χ0v) is 10.8. The van der Waals surface area contributed by atoms with Gasteiger partial charge in [-0.05, 0) is 26.0 Å². The van der Waals surface area contributed by atoms with Crippen LogP contribution < -0.4 is 10.1 Å². The van der Waals surface area contributed by atoms with Crippen LogP contribution in [0.2, 0.25) is 0 Å². The molecule has 1 aromatic carbocycles. The largest absolute Gasteiger partial charge is 0.489 e. The summed E-state index contributed by atoms with van der Waals surface area (Å²) in [4.78, 5) is 4.24. The Morgan fingerprint density at radius 2 is 2.18 bits per heavy atom. The van der Waals surface area contributed by atoms with Gasteiger partial charge in [0.1, 0.15) is 5.75 Å². The summed E-state index contributed by atoms with van der Waals surface area (Å²) in [5.74, 6) is 0.887. The maximum atomic E-state index is 5.73. The summed E-state index contributed by atoms with van der Waals surface area (Å²) in [6.45, 7) is 4.77. The smallest absolute Gasteiger partial charge is 0.142 e. The van der Waals surface area contributed by atoms with Crippen LogP contribution in [0.15, 0.2) is 35.2 Å². The SMILES string of the molecule is CC(C)Oc1ccccc1NCc1cscn1. The number of aromatic nitrogens is 1. The van der Waals surface area contributed by atoms with Gasteiger partial charge in [0.25, 0.3) is 0 Å². The van der Waals surface area contributed by atoms with Gasteiger partial charge in [-0.3, -0.25) is 0 Å². The van der Waals surface area contributed by atoms with Crippen LogP contribution in [-0.2, 0) is 6.54 Å². The van der Waals surface area contributed by atoms with Gasteiger partial charge in [0.15, 0.2) is 0 Å². The molecule has 2 aromatic rings. The lowest BCUT2D eigenvalue weighted by atomic mass is 10.3. The van der Waals surface area contributed by atoms with Crippen molar-refractivity contribution >= 4 is 17.0 Å². The van der Waals surface area contributed by atoms with Gasteiger partial charge in [-0.15, -0.1) is 11.3 Å². The van der Waals surface area contributed by atoms with Crippen molar-refractivity contribution in [3.05, 3.63) is 40.8 Å². The van der Waals surface area contributed by atoms with Gasteiger partial charge < -0.3 is 10.1 Å². The highest BCUT2D eigenvalue weighted by molar-refractivity contribution is 7.07. The van der Waals surface area contributed by atoms with Crippen LogP contribution in [0.5, 0.6) is 5.75 Å². The first-order valence-corrected chi connectivity index (χ1v) is 6.56. The first kappa shape index (κ1) is 11.9. The Kier molecular flexibility index (Phi) is 3.98.